The van der Waals surface area contributed by atoms with Crippen molar-refractivity contribution in [3.05, 3.63) is 52.0 Å². The fourth-order valence-electron chi connectivity index (χ4n) is 1.43. The predicted octanol–water partition coefficient (Wildman–Crippen LogP) is 2.07. The van der Waals surface area contributed by atoms with Gasteiger partial charge in [0.05, 0.1) is 10.6 Å². The normalized spacial score (nSPS) is 11.8. The summed E-state index contributed by atoms with van der Waals surface area (Å²) in [6.45, 7) is 1.83. The van der Waals surface area contributed by atoms with E-state index in [0.29, 0.717) is 11.4 Å². The van der Waals surface area contributed by atoms with Gasteiger partial charge in [-0.2, -0.15) is 4.99 Å². The molecule has 1 aromatic carbocycles. The van der Waals surface area contributed by atoms with Crippen molar-refractivity contribution in [2.75, 3.05) is 0 Å². The molecule has 6 nitrogen and oxygen atoms in total. The van der Waals surface area contributed by atoms with Crippen LogP contribution in [-0.4, -0.2) is 9.49 Å². The monoisotopic (exact) mass is 233 g/mol. The van der Waals surface area contributed by atoms with Crippen molar-refractivity contribution in [1.82, 2.24) is 4.57 Å². The summed E-state index contributed by atoms with van der Waals surface area (Å²) in [6, 6.07) is 5.98. The van der Waals surface area contributed by atoms with Crippen LogP contribution in [0.3, 0.4) is 0 Å². The highest BCUT2D eigenvalue weighted by molar-refractivity contribution is 5.43. The number of rotatable bonds is 2. The van der Waals surface area contributed by atoms with Gasteiger partial charge in [-0.1, -0.05) is 0 Å². The van der Waals surface area contributed by atoms with Crippen LogP contribution in [0, 0.1) is 17.0 Å². The zero-order chi connectivity index (χ0) is 12.4. The Bertz CT molecular complexity index is 608. The van der Waals surface area contributed by atoms with Crippen LogP contribution < -0.4 is 5.68 Å². The van der Waals surface area contributed by atoms with E-state index >= 15 is 0 Å². The molecule has 0 saturated carbocycles. The molecule has 0 radical (unpaired) electrons. The van der Waals surface area contributed by atoms with E-state index in [1.54, 1.807) is 16.7 Å². The van der Waals surface area contributed by atoms with E-state index < -0.39 is 4.92 Å². The molecule has 6 heteroatoms. The Hall–Kier alpha value is -2.37. The lowest BCUT2D eigenvalue weighted by molar-refractivity contribution is -0.384. The van der Waals surface area contributed by atoms with Gasteiger partial charge in [-0.3, -0.25) is 10.1 Å². The van der Waals surface area contributed by atoms with E-state index in [4.69, 9.17) is 4.42 Å². The highest BCUT2D eigenvalue weighted by atomic mass is 16.6. The first kappa shape index (κ1) is 11.1. The van der Waals surface area contributed by atoms with Crippen LogP contribution in [0.2, 0.25) is 0 Å². The molecule has 0 aliphatic carbocycles. The van der Waals surface area contributed by atoms with E-state index in [1.807, 2.05) is 20.2 Å². The van der Waals surface area contributed by atoms with Crippen LogP contribution >= 0.6 is 0 Å². The molecule has 2 rings (SSSR count). The van der Waals surface area contributed by atoms with Gasteiger partial charge in [0, 0.05) is 25.4 Å². The molecule has 0 aliphatic heterocycles. The minimum Gasteiger partial charge on any atom is -0.429 e. The Labute approximate surface area is 97.0 Å². The number of aryl methyl sites for hydroxylation is 2. The number of nitro benzene ring substituents is 1. The molecule has 2 aromatic rings. The Kier molecular flexibility index (Phi) is 2.78. The van der Waals surface area contributed by atoms with Gasteiger partial charge in [0.1, 0.15) is 5.76 Å². The Morgan fingerprint density at radius 1 is 1.35 bits per heavy atom. The SMILES string of the molecule is Cc1cn(C)c(=Nc2ccc([N+](=O)[O-])cc2)o1. The quantitative estimate of drug-likeness (QED) is 0.588. The summed E-state index contributed by atoms with van der Waals surface area (Å²) in [5, 5.41) is 10.5. The fraction of sp³-hybridized carbons (Fsp3) is 0.182. The standard InChI is InChI=1S/C11H11N3O3/c1-8-7-13(2)11(17-8)12-9-3-5-10(6-4-9)14(15)16/h3-7H,1-2H3. The van der Waals surface area contributed by atoms with E-state index in [9.17, 15) is 10.1 Å². The molecule has 1 heterocycles. The zero-order valence-corrected chi connectivity index (χ0v) is 9.45. The summed E-state index contributed by atoms with van der Waals surface area (Å²) in [7, 11) is 1.82. The first-order chi connectivity index (χ1) is 8.06. The lowest BCUT2D eigenvalue weighted by atomic mass is 10.3. The number of hydrogen-bond donors (Lipinski definition) is 0. The van der Waals surface area contributed by atoms with Crippen LogP contribution in [0.1, 0.15) is 5.76 Å². The summed E-state index contributed by atoms with van der Waals surface area (Å²) < 4.78 is 7.11. The van der Waals surface area contributed by atoms with Crippen molar-refractivity contribution in [3.8, 4) is 0 Å². The fourth-order valence-corrected chi connectivity index (χ4v) is 1.43. The van der Waals surface area contributed by atoms with Crippen LogP contribution in [0.15, 0.2) is 39.9 Å². The summed E-state index contributed by atoms with van der Waals surface area (Å²) in [5.74, 6) is 0.758. The highest BCUT2D eigenvalue weighted by Crippen LogP contribution is 2.17. The molecule has 0 aliphatic rings. The summed E-state index contributed by atoms with van der Waals surface area (Å²) in [6.07, 6.45) is 1.81. The first-order valence-corrected chi connectivity index (χ1v) is 4.98. The molecular weight excluding hydrogens is 222 g/mol. The molecule has 0 fully saturated rings. The number of nitro groups is 1. The van der Waals surface area contributed by atoms with Gasteiger partial charge in [0.15, 0.2) is 0 Å². The van der Waals surface area contributed by atoms with Gasteiger partial charge in [0.2, 0.25) is 0 Å². The van der Waals surface area contributed by atoms with Gasteiger partial charge in [-0.05, 0) is 19.1 Å². The average Bonchev–Trinajstić information content (AvgIpc) is 2.58. The van der Waals surface area contributed by atoms with Crippen molar-refractivity contribution < 1.29 is 9.34 Å². The maximum absolute atomic E-state index is 10.5. The van der Waals surface area contributed by atoms with Gasteiger partial charge in [-0.25, -0.2) is 0 Å². The van der Waals surface area contributed by atoms with Crippen molar-refractivity contribution in [1.29, 1.82) is 0 Å². The number of hydrogen-bond acceptors (Lipinski definition) is 4. The van der Waals surface area contributed by atoms with Crippen LogP contribution in [-0.2, 0) is 7.05 Å². The number of non-ortho nitro benzene ring substituents is 1. The largest absolute Gasteiger partial charge is 0.429 e. The first-order valence-electron chi connectivity index (χ1n) is 4.98. The lowest BCUT2D eigenvalue weighted by Gasteiger charge is -1.93. The predicted molar refractivity (Wildman–Crippen MR) is 60.7 cm³/mol. The molecule has 0 bridgehead atoms. The molecule has 17 heavy (non-hydrogen) atoms. The Balaban J connectivity index is 2.39. The molecule has 1 aromatic heterocycles. The van der Waals surface area contributed by atoms with E-state index in [2.05, 4.69) is 4.99 Å². The zero-order valence-electron chi connectivity index (χ0n) is 9.45. The van der Waals surface area contributed by atoms with Gasteiger partial charge in [-0.15, -0.1) is 0 Å². The highest BCUT2D eigenvalue weighted by Gasteiger charge is 2.03. The summed E-state index contributed by atoms with van der Waals surface area (Å²) >= 11 is 0. The average molecular weight is 233 g/mol. The van der Waals surface area contributed by atoms with Gasteiger partial charge in [0.25, 0.3) is 5.69 Å². The molecule has 88 valence electrons. The second kappa shape index (κ2) is 4.25. The van der Waals surface area contributed by atoms with Crippen molar-refractivity contribution in [2.24, 2.45) is 12.0 Å². The van der Waals surface area contributed by atoms with Gasteiger partial charge < -0.3 is 8.98 Å². The molecule has 0 spiro atoms. The number of benzene rings is 1. The number of nitrogens with zero attached hydrogens (tertiary/aromatic N) is 3. The summed E-state index contributed by atoms with van der Waals surface area (Å²) in [5.41, 5.74) is 1.11. The van der Waals surface area contributed by atoms with E-state index in [-0.39, 0.29) is 5.69 Å². The van der Waals surface area contributed by atoms with Crippen LogP contribution in [0.4, 0.5) is 11.4 Å². The molecule has 0 N–H and O–H groups in total. The minimum atomic E-state index is -0.444. The second-order valence-corrected chi connectivity index (χ2v) is 3.62. The number of aromatic nitrogens is 1. The molecule has 0 saturated heterocycles. The Morgan fingerprint density at radius 2 is 2.00 bits per heavy atom. The van der Waals surface area contributed by atoms with Crippen LogP contribution in [0.25, 0.3) is 0 Å². The molecule has 0 amide bonds. The molecule has 0 unspecified atom stereocenters. The van der Waals surface area contributed by atoms with Gasteiger partial charge >= 0.3 is 5.68 Å². The smallest absolute Gasteiger partial charge is 0.301 e. The van der Waals surface area contributed by atoms with Crippen molar-refractivity contribution in [2.45, 2.75) is 6.92 Å². The number of oxazole rings is 1. The van der Waals surface area contributed by atoms with Crippen LogP contribution in [0.5, 0.6) is 0 Å². The van der Waals surface area contributed by atoms with Crippen molar-refractivity contribution >= 4 is 11.4 Å². The topological polar surface area (TPSA) is 73.6 Å². The van der Waals surface area contributed by atoms with E-state index in [1.165, 1.54) is 12.1 Å². The maximum atomic E-state index is 10.5. The molecule has 0 atom stereocenters. The summed E-state index contributed by atoms with van der Waals surface area (Å²) in [4.78, 5) is 14.3. The Morgan fingerprint density at radius 3 is 2.47 bits per heavy atom. The van der Waals surface area contributed by atoms with E-state index in [0.717, 1.165) is 5.76 Å². The maximum Gasteiger partial charge on any atom is 0.301 e. The molecular formula is C11H11N3O3. The lowest BCUT2D eigenvalue weighted by Crippen LogP contribution is -2.10. The second-order valence-electron chi connectivity index (χ2n) is 3.62. The van der Waals surface area contributed by atoms with Crippen molar-refractivity contribution in [3.63, 3.8) is 0 Å². The minimum absolute atomic E-state index is 0.0453. The third kappa shape index (κ3) is 2.41. The third-order valence-electron chi connectivity index (χ3n) is 2.21. The third-order valence-corrected chi connectivity index (χ3v) is 2.21.